The first-order valence-electron chi connectivity index (χ1n) is 6.61. The number of nitrogens with zero attached hydrogens (tertiary/aromatic N) is 1. The summed E-state index contributed by atoms with van der Waals surface area (Å²) in [6.45, 7) is 2.78. The van der Waals surface area contributed by atoms with Crippen molar-refractivity contribution in [3.8, 4) is 6.07 Å². The maximum atomic E-state index is 11.7. The second kappa shape index (κ2) is 8.28. The molecule has 0 aliphatic heterocycles. The SMILES string of the molecule is CC(CCN)CCC(=O)Nc1ccc(CC#N)cc1. The topological polar surface area (TPSA) is 78.9 Å². The second-order valence-corrected chi connectivity index (χ2v) is 4.80. The third kappa shape index (κ3) is 6.03. The number of carbonyl (C=O) groups is 1. The molecule has 102 valence electrons. The highest BCUT2D eigenvalue weighted by molar-refractivity contribution is 5.90. The van der Waals surface area contributed by atoms with Crippen LogP contribution in [0, 0.1) is 17.2 Å². The number of anilines is 1. The monoisotopic (exact) mass is 259 g/mol. The van der Waals surface area contributed by atoms with Gasteiger partial charge in [-0.05, 0) is 43.0 Å². The smallest absolute Gasteiger partial charge is 0.224 e. The fourth-order valence-electron chi connectivity index (χ4n) is 1.83. The molecular formula is C15H21N3O. The van der Waals surface area contributed by atoms with Gasteiger partial charge in [0.15, 0.2) is 0 Å². The van der Waals surface area contributed by atoms with Crippen LogP contribution < -0.4 is 11.1 Å². The minimum Gasteiger partial charge on any atom is -0.330 e. The van der Waals surface area contributed by atoms with Crippen molar-refractivity contribution in [1.29, 1.82) is 5.26 Å². The number of rotatable bonds is 7. The first-order valence-corrected chi connectivity index (χ1v) is 6.61. The fraction of sp³-hybridized carbons (Fsp3) is 0.467. The van der Waals surface area contributed by atoms with Gasteiger partial charge in [0.2, 0.25) is 5.91 Å². The van der Waals surface area contributed by atoms with E-state index in [0.717, 1.165) is 24.1 Å². The highest BCUT2D eigenvalue weighted by atomic mass is 16.1. The number of nitrogens with two attached hydrogens (primary N) is 1. The predicted molar refractivity (Wildman–Crippen MR) is 76.5 cm³/mol. The maximum absolute atomic E-state index is 11.7. The third-order valence-electron chi connectivity index (χ3n) is 3.04. The first-order chi connectivity index (χ1) is 9.15. The number of hydrogen-bond acceptors (Lipinski definition) is 3. The van der Waals surface area contributed by atoms with E-state index in [1.54, 1.807) is 0 Å². The van der Waals surface area contributed by atoms with Crippen LogP contribution in [0.4, 0.5) is 5.69 Å². The van der Waals surface area contributed by atoms with Crippen molar-refractivity contribution in [3.05, 3.63) is 29.8 Å². The Balaban J connectivity index is 2.38. The molecule has 0 spiro atoms. The lowest BCUT2D eigenvalue weighted by Gasteiger charge is -2.10. The van der Waals surface area contributed by atoms with Gasteiger partial charge in [-0.15, -0.1) is 0 Å². The van der Waals surface area contributed by atoms with Crippen LogP contribution in [-0.2, 0) is 11.2 Å². The van der Waals surface area contributed by atoms with Gasteiger partial charge in [0, 0.05) is 12.1 Å². The Labute approximate surface area is 114 Å². The van der Waals surface area contributed by atoms with Gasteiger partial charge in [-0.25, -0.2) is 0 Å². The van der Waals surface area contributed by atoms with Crippen LogP contribution >= 0.6 is 0 Å². The molecule has 0 aliphatic carbocycles. The van der Waals surface area contributed by atoms with Crippen LogP contribution in [0.2, 0.25) is 0 Å². The van der Waals surface area contributed by atoms with Gasteiger partial charge in [0.25, 0.3) is 0 Å². The minimum absolute atomic E-state index is 0.0249. The number of benzene rings is 1. The molecule has 1 rings (SSSR count). The summed E-state index contributed by atoms with van der Waals surface area (Å²) in [5.41, 5.74) is 7.21. The van der Waals surface area contributed by atoms with Crippen LogP contribution in [-0.4, -0.2) is 12.5 Å². The number of hydrogen-bond donors (Lipinski definition) is 2. The van der Waals surface area contributed by atoms with E-state index >= 15 is 0 Å². The van der Waals surface area contributed by atoms with E-state index in [-0.39, 0.29) is 5.91 Å². The molecule has 0 heterocycles. The Morgan fingerprint density at radius 1 is 1.37 bits per heavy atom. The van der Waals surface area contributed by atoms with Crippen molar-refractivity contribution in [1.82, 2.24) is 0 Å². The summed E-state index contributed by atoms with van der Waals surface area (Å²) >= 11 is 0. The molecule has 0 aromatic heterocycles. The van der Waals surface area contributed by atoms with Crippen molar-refractivity contribution < 1.29 is 4.79 Å². The Bertz CT molecular complexity index is 434. The minimum atomic E-state index is 0.0249. The Morgan fingerprint density at radius 2 is 2.05 bits per heavy atom. The molecule has 0 saturated carbocycles. The van der Waals surface area contributed by atoms with Gasteiger partial charge >= 0.3 is 0 Å². The Morgan fingerprint density at radius 3 is 2.63 bits per heavy atom. The lowest BCUT2D eigenvalue weighted by atomic mass is 10.0. The molecule has 3 N–H and O–H groups in total. The molecule has 0 saturated heterocycles. The zero-order valence-electron chi connectivity index (χ0n) is 11.4. The molecule has 0 radical (unpaired) electrons. The van der Waals surface area contributed by atoms with Gasteiger partial charge in [-0.2, -0.15) is 5.26 Å². The summed E-state index contributed by atoms with van der Waals surface area (Å²) < 4.78 is 0. The molecule has 0 aliphatic rings. The van der Waals surface area contributed by atoms with Gasteiger partial charge in [0.05, 0.1) is 12.5 Å². The summed E-state index contributed by atoms with van der Waals surface area (Å²) in [6.07, 6.45) is 2.72. The summed E-state index contributed by atoms with van der Waals surface area (Å²) in [6, 6.07) is 9.46. The quantitative estimate of drug-likeness (QED) is 0.789. The molecule has 0 fully saturated rings. The Kier molecular flexibility index (Phi) is 6.62. The van der Waals surface area contributed by atoms with E-state index < -0.39 is 0 Å². The molecule has 4 nitrogen and oxygen atoms in total. The van der Waals surface area contributed by atoms with Crippen molar-refractivity contribution in [2.24, 2.45) is 11.7 Å². The molecule has 1 aromatic carbocycles. The summed E-state index contributed by atoms with van der Waals surface area (Å²) in [5.74, 6) is 0.505. The van der Waals surface area contributed by atoms with E-state index in [1.807, 2.05) is 24.3 Å². The first kappa shape index (κ1) is 15.2. The van der Waals surface area contributed by atoms with Gasteiger partial charge in [-0.3, -0.25) is 4.79 Å². The summed E-state index contributed by atoms with van der Waals surface area (Å²) in [4.78, 5) is 11.7. The normalized spacial score (nSPS) is 11.6. The zero-order chi connectivity index (χ0) is 14.1. The number of nitrogens with one attached hydrogen (secondary N) is 1. The van der Waals surface area contributed by atoms with E-state index in [9.17, 15) is 4.79 Å². The van der Waals surface area contributed by atoms with Gasteiger partial charge < -0.3 is 11.1 Å². The highest BCUT2D eigenvalue weighted by Crippen LogP contribution is 2.13. The largest absolute Gasteiger partial charge is 0.330 e. The summed E-state index contributed by atoms with van der Waals surface area (Å²) in [5, 5.41) is 11.4. The Hall–Kier alpha value is -1.86. The van der Waals surface area contributed by atoms with E-state index in [1.165, 1.54) is 0 Å². The number of amides is 1. The van der Waals surface area contributed by atoms with Crippen LogP contribution in [0.15, 0.2) is 24.3 Å². The molecule has 1 atom stereocenters. The summed E-state index contributed by atoms with van der Waals surface area (Å²) in [7, 11) is 0. The van der Waals surface area contributed by atoms with E-state index in [4.69, 9.17) is 11.0 Å². The predicted octanol–water partition coefficient (Wildman–Crippen LogP) is 2.46. The van der Waals surface area contributed by atoms with Crippen molar-refractivity contribution in [2.45, 2.75) is 32.6 Å². The van der Waals surface area contributed by atoms with Crippen molar-refractivity contribution in [2.75, 3.05) is 11.9 Å². The number of carbonyl (C=O) groups excluding carboxylic acids is 1. The molecule has 4 heteroatoms. The molecule has 19 heavy (non-hydrogen) atoms. The standard InChI is InChI=1S/C15H21N3O/c1-12(8-10-16)2-7-15(19)18-14-5-3-13(4-6-14)9-11-17/h3-6,12H,2,7-10,16H2,1H3,(H,18,19). The number of nitriles is 1. The van der Waals surface area contributed by atoms with Gasteiger partial charge in [-0.1, -0.05) is 19.1 Å². The highest BCUT2D eigenvalue weighted by Gasteiger charge is 2.06. The van der Waals surface area contributed by atoms with Crippen LogP contribution in [0.1, 0.15) is 31.7 Å². The molecule has 1 aromatic rings. The van der Waals surface area contributed by atoms with Crippen LogP contribution in [0.5, 0.6) is 0 Å². The molecule has 0 bridgehead atoms. The third-order valence-corrected chi connectivity index (χ3v) is 3.04. The average Bonchev–Trinajstić information content (AvgIpc) is 2.39. The van der Waals surface area contributed by atoms with Crippen molar-refractivity contribution >= 4 is 11.6 Å². The van der Waals surface area contributed by atoms with Gasteiger partial charge in [0.1, 0.15) is 0 Å². The van der Waals surface area contributed by atoms with E-state index in [2.05, 4.69) is 18.3 Å². The van der Waals surface area contributed by atoms with E-state index in [0.29, 0.717) is 25.3 Å². The second-order valence-electron chi connectivity index (χ2n) is 4.80. The zero-order valence-corrected chi connectivity index (χ0v) is 11.4. The van der Waals surface area contributed by atoms with Crippen LogP contribution in [0.25, 0.3) is 0 Å². The lowest BCUT2D eigenvalue weighted by molar-refractivity contribution is -0.116. The molecular weight excluding hydrogens is 238 g/mol. The molecule has 1 amide bonds. The molecule has 1 unspecified atom stereocenters. The maximum Gasteiger partial charge on any atom is 0.224 e. The van der Waals surface area contributed by atoms with Crippen LogP contribution in [0.3, 0.4) is 0 Å². The average molecular weight is 259 g/mol. The van der Waals surface area contributed by atoms with Crippen molar-refractivity contribution in [3.63, 3.8) is 0 Å². The fourth-order valence-corrected chi connectivity index (χ4v) is 1.83. The lowest BCUT2D eigenvalue weighted by Crippen LogP contribution is -2.14.